The van der Waals surface area contributed by atoms with E-state index in [1.54, 1.807) is 0 Å². The molecule has 1 fully saturated rings. The quantitative estimate of drug-likeness (QED) is 0.578. The minimum absolute atomic E-state index is 0.0746. The average Bonchev–Trinajstić information content (AvgIpc) is 3.13. The maximum atomic E-state index is 12.6. The first-order chi connectivity index (χ1) is 12.8. The number of nitrogens with one attached hydrogen (secondary N) is 1. The lowest BCUT2D eigenvalue weighted by Gasteiger charge is -2.28. The molecule has 0 atom stereocenters. The highest BCUT2D eigenvalue weighted by atomic mass is 32.2. The number of nitro groups is 1. The van der Waals surface area contributed by atoms with Crippen molar-refractivity contribution in [3.05, 3.63) is 52.3 Å². The first-order valence-corrected chi connectivity index (χ1v) is 9.55. The van der Waals surface area contributed by atoms with Gasteiger partial charge in [0.05, 0.1) is 17.1 Å². The van der Waals surface area contributed by atoms with E-state index in [9.17, 15) is 28.4 Å². The van der Waals surface area contributed by atoms with Gasteiger partial charge in [0.1, 0.15) is 4.92 Å². The Labute approximate surface area is 154 Å². The molecule has 0 unspecified atom stereocenters. The van der Waals surface area contributed by atoms with Crippen LogP contribution in [-0.4, -0.2) is 47.9 Å². The number of sulfonamides is 1. The zero-order chi connectivity index (χ0) is 19.6. The van der Waals surface area contributed by atoms with Crippen molar-refractivity contribution in [2.75, 3.05) is 18.4 Å². The molecule has 1 saturated heterocycles. The van der Waals surface area contributed by atoms with Crippen LogP contribution >= 0.6 is 0 Å². The van der Waals surface area contributed by atoms with Gasteiger partial charge in [-0.15, -0.1) is 0 Å². The van der Waals surface area contributed by atoms with Crippen LogP contribution in [0.2, 0.25) is 0 Å². The van der Waals surface area contributed by atoms with Gasteiger partial charge in [0.15, 0.2) is 5.76 Å². The Bertz CT molecular complexity index is 945. The Morgan fingerprint density at radius 1 is 1.19 bits per heavy atom. The van der Waals surface area contributed by atoms with Gasteiger partial charge in [0, 0.05) is 18.8 Å². The lowest BCUT2D eigenvalue weighted by atomic mass is 10.1. The highest BCUT2D eigenvalue weighted by Crippen LogP contribution is 2.23. The molecule has 1 aromatic heterocycles. The third-order valence-corrected chi connectivity index (χ3v) is 6.08. The molecule has 10 nitrogen and oxygen atoms in total. The van der Waals surface area contributed by atoms with E-state index in [4.69, 9.17) is 4.42 Å². The summed E-state index contributed by atoms with van der Waals surface area (Å²) in [5.41, 5.74) is 0.312. The van der Waals surface area contributed by atoms with Crippen LogP contribution in [0.5, 0.6) is 0 Å². The van der Waals surface area contributed by atoms with Crippen LogP contribution in [-0.2, 0) is 10.0 Å². The number of nitrogens with zero attached hydrogens (tertiary/aromatic N) is 2. The number of amides is 1. The maximum Gasteiger partial charge on any atom is 0.433 e. The smallest absolute Gasteiger partial charge is 0.395 e. The van der Waals surface area contributed by atoms with Gasteiger partial charge in [-0.1, -0.05) is 0 Å². The van der Waals surface area contributed by atoms with E-state index in [1.165, 1.54) is 34.6 Å². The summed E-state index contributed by atoms with van der Waals surface area (Å²) in [4.78, 5) is 21.9. The standard InChI is InChI=1S/C16H17N3O7S/c20-12-7-9-18(10-8-12)27(24,25)13-3-1-11(2-4-13)17-16(21)14-5-6-15(26-14)19(22)23/h1-6,12,20H,7-10H2,(H,17,21). The predicted octanol–water partition coefficient (Wildman–Crippen LogP) is 1.59. The molecule has 3 rings (SSSR count). The minimum Gasteiger partial charge on any atom is -0.395 e. The van der Waals surface area contributed by atoms with Crippen molar-refractivity contribution in [3.8, 4) is 0 Å². The second kappa shape index (κ2) is 7.47. The molecular formula is C16H17N3O7S. The van der Waals surface area contributed by atoms with Crippen LogP contribution in [0.25, 0.3) is 0 Å². The van der Waals surface area contributed by atoms with Crippen LogP contribution < -0.4 is 5.32 Å². The molecule has 0 saturated carbocycles. The number of hydrogen-bond donors (Lipinski definition) is 2. The van der Waals surface area contributed by atoms with Gasteiger partial charge in [-0.3, -0.25) is 14.9 Å². The van der Waals surface area contributed by atoms with E-state index >= 15 is 0 Å². The van der Waals surface area contributed by atoms with Crippen molar-refractivity contribution in [1.82, 2.24) is 4.31 Å². The van der Waals surface area contributed by atoms with Crippen molar-refractivity contribution in [2.24, 2.45) is 0 Å². The molecule has 0 radical (unpaired) electrons. The van der Waals surface area contributed by atoms with E-state index in [0.29, 0.717) is 18.5 Å². The van der Waals surface area contributed by atoms with Crippen LogP contribution in [0.4, 0.5) is 11.6 Å². The Kier molecular flexibility index (Phi) is 5.26. The number of aliphatic hydroxyl groups is 1. The number of aliphatic hydroxyl groups excluding tert-OH is 1. The average molecular weight is 395 g/mol. The van der Waals surface area contributed by atoms with Crippen molar-refractivity contribution < 1.29 is 27.7 Å². The number of rotatable bonds is 5. The van der Waals surface area contributed by atoms with Crippen LogP contribution in [0.1, 0.15) is 23.4 Å². The normalized spacial score (nSPS) is 16.2. The van der Waals surface area contributed by atoms with Crippen LogP contribution in [0.15, 0.2) is 45.7 Å². The molecule has 144 valence electrons. The first kappa shape index (κ1) is 19.0. The lowest BCUT2D eigenvalue weighted by Crippen LogP contribution is -2.39. The topological polar surface area (TPSA) is 143 Å². The van der Waals surface area contributed by atoms with Crippen LogP contribution in [0.3, 0.4) is 0 Å². The third-order valence-electron chi connectivity index (χ3n) is 4.17. The molecule has 2 aromatic rings. The lowest BCUT2D eigenvalue weighted by molar-refractivity contribution is -0.402. The van der Waals surface area contributed by atoms with E-state index in [0.717, 1.165) is 6.07 Å². The Balaban J connectivity index is 1.69. The minimum atomic E-state index is -3.67. The van der Waals surface area contributed by atoms with Crippen molar-refractivity contribution in [3.63, 3.8) is 0 Å². The summed E-state index contributed by atoms with van der Waals surface area (Å²) in [6, 6.07) is 7.81. The molecule has 2 heterocycles. The summed E-state index contributed by atoms with van der Waals surface area (Å²) >= 11 is 0. The maximum absolute atomic E-state index is 12.6. The molecule has 0 aliphatic carbocycles. The fourth-order valence-electron chi connectivity index (χ4n) is 2.68. The van der Waals surface area contributed by atoms with Crippen molar-refractivity contribution in [2.45, 2.75) is 23.8 Å². The molecular weight excluding hydrogens is 378 g/mol. The summed E-state index contributed by atoms with van der Waals surface area (Å²) < 4.78 is 31.3. The number of furan rings is 1. The Morgan fingerprint density at radius 2 is 1.81 bits per heavy atom. The number of anilines is 1. The fourth-order valence-corrected chi connectivity index (χ4v) is 4.15. The largest absolute Gasteiger partial charge is 0.433 e. The Morgan fingerprint density at radius 3 is 2.37 bits per heavy atom. The summed E-state index contributed by atoms with van der Waals surface area (Å²) in [6.07, 6.45) is 0.303. The van der Waals surface area contributed by atoms with Gasteiger partial charge in [-0.25, -0.2) is 8.42 Å². The summed E-state index contributed by atoms with van der Waals surface area (Å²) in [7, 11) is -3.67. The highest BCUT2D eigenvalue weighted by Gasteiger charge is 2.28. The molecule has 1 aliphatic heterocycles. The number of hydrogen-bond acceptors (Lipinski definition) is 7. The van der Waals surface area contributed by atoms with E-state index in [1.807, 2.05) is 0 Å². The number of benzene rings is 1. The fraction of sp³-hybridized carbons (Fsp3) is 0.312. The van der Waals surface area contributed by atoms with E-state index in [2.05, 4.69) is 5.32 Å². The Hall–Kier alpha value is -2.76. The zero-order valence-electron chi connectivity index (χ0n) is 14.1. The molecule has 1 amide bonds. The van der Waals surface area contributed by atoms with E-state index in [-0.39, 0.29) is 23.7 Å². The van der Waals surface area contributed by atoms with Gasteiger partial charge < -0.3 is 14.8 Å². The SMILES string of the molecule is O=C(Nc1ccc(S(=O)(=O)N2CCC(O)CC2)cc1)c1ccc([N+](=O)[O-])o1. The molecule has 0 bridgehead atoms. The predicted molar refractivity (Wildman–Crippen MR) is 93.8 cm³/mol. The molecule has 2 N–H and O–H groups in total. The molecule has 11 heteroatoms. The van der Waals surface area contributed by atoms with Crippen molar-refractivity contribution >= 4 is 27.5 Å². The third kappa shape index (κ3) is 4.15. The zero-order valence-corrected chi connectivity index (χ0v) is 14.9. The van der Waals surface area contributed by atoms with Gasteiger partial charge >= 0.3 is 5.88 Å². The second-order valence-electron chi connectivity index (χ2n) is 6.01. The van der Waals surface area contributed by atoms with Gasteiger partial charge in [-0.05, 0) is 43.2 Å². The molecule has 1 aromatic carbocycles. The second-order valence-corrected chi connectivity index (χ2v) is 7.95. The van der Waals surface area contributed by atoms with Crippen LogP contribution in [0, 0.1) is 10.1 Å². The van der Waals surface area contributed by atoms with E-state index < -0.39 is 32.8 Å². The first-order valence-electron chi connectivity index (χ1n) is 8.11. The monoisotopic (exact) mass is 395 g/mol. The van der Waals surface area contributed by atoms with Gasteiger partial charge in [0.25, 0.3) is 5.91 Å². The highest BCUT2D eigenvalue weighted by molar-refractivity contribution is 7.89. The number of carbonyl (C=O) groups is 1. The molecule has 0 spiro atoms. The number of carbonyl (C=O) groups excluding carboxylic acids is 1. The van der Waals surface area contributed by atoms with Gasteiger partial charge in [0.2, 0.25) is 10.0 Å². The number of piperidine rings is 1. The van der Waals surface area contributed by atoms with Gasteiger partial charge in [-0.2, -0.15) is 4.31 Å². The summed E-state index contributed by atoms with van der Waals surface area (Å²) in [5, 5.41) is 22.6. The summed E-state index contributed by atoms with van der Waals surface area (Å²) in [6.45, 7) is 0.499. The summed E-state index contributed by atoms with van der Waals surface area (Å²) in [5.74, 6) is -1.47. The van der Waals surface area contributed by atoms with Crippen molar-refractivity contribution in [1.29, 1.82) is 0 Å². The molecule has 1 aliphatic rings. The molecule has 27 heavy (non-hydrogen) atoms.